The van der Waals surface area contributed by atoms with Crippen LogP contribution in [0.15, 0.2) is 71.8 Å². The van der Waals surface area contributed by atoms with Crippen LogP contribution in [0.25, 0.3) is 40.7 Å². The summed E-state index contributed by atoms with van der Waals surface area (Å²) in [4.78, 5) is 55.8. The second kappa shape index (κ2) is 8.89. The zero-order valence-electron chi connectivity index (χ0n) is 23.1. The summed E-state index contributed by atoms with van der Waals surface area (Å²) in [5.74, 6) is -0.0756. The number of hydrogen-bond acceptors (Lipinski definition) is 9. The second-order valence-electron chi connectivity index (χ2n) is 11.4. The number of ether oxygens (including phenoxy) is 1. The predicted molar refractivity (Wildman–Crippen MR) is 178 cm³/mol. The van der Waals surface area contributed by atoms with E-state index in [-0.39, 0.29) is 34.3 Å². The monoisotopic (exact) mass is 646 g/mol. The van der Waals surface area contributed by atoms with Crippen LogP contribution in [0, 0.1) is 0 Å². The Labute approximate surface area is 266 Å². The molecular weight excluding hydrogens is 629 g/mol. The molecule has 2 aliphatic carbocycles. The van der Waals surface area contributed by atoms with Gasteiger partial charge in [-0.25, -0.2) is 0 Å². The van der Waals surface area contributed by atoms with Gasteiger partial charge in [-0.2, -0.15) is 0 Å². The van der Waals surface area contributed by atoms with E-state index in [1.807, 2.05) is 6.07 Å². The predicted octanol–water partition coefficient (Wildman–Crippen LogP) is 9.46. The first-order chi connectivity index (χ1) is 21.2. The molecule has 3 aliphatic rings. The maximum atomic E-state index is 13.0. The molecule has 0 unspecified atom stereocenters. The van der Waals surface area contributed by atoms with Crippen LogP contribution in [0.3, 0.4) is 0 Å². The summed E-state index contributed by atoms with van der Waals surface area (Å²) >= 11 is 6.46. The van der Waals surface area contributed by atoms with Crippen LogP contribution in [0.2, 0.25) is 0 Å². The second-order valence-corrected chi connectivity index (χ2v) is 15.7. The fourth-order valence-corrected chi connectivity index (χ4v) is 11.8. The number of hydrogen-bond donors (Lipinski definition) is 0. The Morgan fingerprint density at radius 2 is 1.02 bits per heavy atom. The molecule has 1 aliphatic heterocycles. The fourth-order valence-electron chi connectivity index (χ4n) is 6.28. The van der Waals surface area contributed by atoms with Gasteiger partial charge < -0.3 is 4.74 Å². The maximum absolute atomic E-state index is 13.0. The Balaban J connectivity index is 1.10. The molecule has 0 fully saturated rings. The third-order valence-electron chi connectivity index (χ3n) is 8.27. The lowest BCUT2D eigenvalue weighted by molar-refractivity contribution is 0.0975. The van der Waals surface area contributed by atoms with Gasteiger partial charge in [-0.1, -0.05) is 48.5 Å². The molecule has 0 saturated heterocycles. The van der Waals surface area contributed by atoms with Crippen LogP contribution in [0.1, 0.15) is 70.6 Å². The molecule has 0 bridgehead atoms. The van der Waals surface area contributed by atoms with Crippen molar-refractivity contribution < 1.29 is 23.9 Å². The summed E-state index contributed by atoms with van der Waals surface area (Å²) in [6.07, 6.45) is 3.44. The van der Waals surface area contributed by atoms with E-state index in [4.69, 9.17) is 4.74 Å². The van der Waals surface area contributed by atoms with Crippen molar-refractivity contribution in [1.82, 2.24) is 0 Å². The zero-order valence-corrected chi connectivity index (χ0v) is 26.4. The van der Waals surface area contributed by atoms with Gasteiger partial charge in [-0.05, 0) is 38.1 Å². The standard InChI is InChI=1S/C35H18O5S4/c1-35(2)25-31-23(13-15(41-31)11-21-26(36)17-7-3-4-8-18(17)27(21)37)43-33(25)34-30(40-35)32-24(44-34)14-16(42-32)12-22-28(38)19-9-5-6-10-20(19)29(22)39/h3-14H,1-2H3. The normalized spacial score (nSPS) is 16.4. The lowest BCUT2D eigenvalue weighted by atomic mass is 9.95. The molecular formula is C35H18O5S4. The van der Waals surface area contributed by atoms with Gasteiger partial charge in [0.15, 0.2) is 28.9 Å². The molecule has 0 saturated carbocycles. The quantitative estimate of drug-likeness (QED) is 0.138. The Kier molecular flexibility index (Phi) is 5.28. The van der Waals surface area contributed by atoms with Crippen molar-refractivity contribution in [2.24, 2.45) is 0 Å². The zero-order chi connectivity index (χ0) is 30.1. The Bertz CT molecular complexity index is 2340. The molecule has 0 amide bonds. The average Bonchev–Trinajstić information content (AvgIpc) is 3.82. The van der Waals surface area contributed by atoms with E-state index in [9.17, 15) is 19.2 Å². The molecule has 5 heterocycles. The van der Waals surface area contributed by atoms with E-state index >= 15 is 0 Å². The molecule has 212 valence electrons. The van der Waals surface area contributed by atoms with E-state index in [1.165, 1.54) is 16.2 Å². The van der Waals surface area contributed by atoms with Gasteiger partial charge in [-0.15, -0.1) is 45.3 Å². The van der Waals surface area contributed by atoms with Gasteiger partial charge in [-0.3, -0.25) is 19.2 Å². The number of ketones is 4. The molecule has 6 aromatic rings. The Morgan fingerprint density at radius 3 is 1.52 bits per heavy atom. The summed E-state index contributed by atoms with van der Waals surface area (Å²) in [5, 5.41) is 0. The topological polar surface area (TPSA) is 77.5 Å². The molecule has 9 heteroatoms. The molecule has 0 N–H and O–H groups in total. The average molecular weight is 647 g/mol. The van der Waals surface area contributed by atoms with Gasteiger partial charge >= 0.3 is 0 Å². The third-order valence-corrected chi connectivity index (χ3v) is 13.1. The van der Waals surface area contributed by atoms with Crippen molar-refractivity contribution in [3.63, 3.8) is 0 Å². The van der Waals surface area contributed by atoms with Crippen LogP contribution in [0.5, 0.6) is 5.75 Å². The highest BCUT2D eigenvalue weighted by molar-refractivity contribution is 7.35. The largest absolute Gasteiger partial charge is 0.480 e. The fraction of sp³-hybridized carbons (Fsp3) is 0.0857. The van der Waals surface area contributed by atoms with Crippen molar-refractivity contribution >= 4 is 99.4 Å². The SMILES string of the molecule is CC1(C)Oc2c(sc3cc(C=C4C(=O)c5ccccc5C4=O)sc23)-c2sc3cc(C=C4C(=O)c5ccccc5C4=O)sc3c21. The van der Waals surface area contributed by atoms with Crippen molar-refractivity contribution in [2.75, 3.05) is 0 Å². The smallest absolute Gasteiger partial charge is 0.197 e. The van der Waals surface area contributed by atoms with Gasteiger partial charge in [0, 0.05) is 42.3 Å². The molecule has 5 nitrogen and oxygen atoms in total. The molecule has 0 atom stereocenters. The lowest BCUT2D eigenvalue weighted by Gasteiger charge is -2.31. The van der Waals surface area contributed by atoms with Gasteiger partial charge in [0.05, 0.1) is 35.0 Å². The van der Waals surface area contributed by atoms with Crippen molar-refractivity contribution in [3.8, 4) is 15.5 Å². The van der Waals surface area contributed by atoms with E-state index in [0.717, 1.165) is 44.7 Å². The van der Waals surface area contributed by atoms with Crippen LogP contribution < -0.4 is 4.74 Å². The Hall–Kier alpha value is -4.28. The van der Waals surface area contributed by atoms with Crippen LogP contribution in [-0.4, -0.2) is 23.1 Å². The molecule has 4 aromatic heterocycles. The Morgan fingerprint density at radius 1 is 0.591 bits per heavy atom. The first-order valence-corrected chi connectivity index (χ1v) is 17.1. The minimum atomic E-state index is -0.624. The lowest BCUT2D eigenvalue weighted by Crippen LogP contribution is -2.27. The third kappa shape index (κ3) is 3.49. The van der Waals surface area contributed by atoms with E-state index in [2.05, 4.69) is 19.9 Å². The number of carbonyl (C=O) groups excluding carboxylic acids is 4. The number of Topliss-reactive ketones (excluding diaryl/α,β-unsaturated/α-hetero) is 4. The number of allylic oxidation sites excluding steroid dienone is 2. The van der Waals surface area contributed by atoms with E-state index in [0.29, 0.717) is 22.3 Å². The first-order valence-electron chi connectivity index (χ1n) is 13.8. The number of rotatable bonds is 2. The summed E-state index contributed by atoms with van der Waals surface area (Å²) < 4.78 is 11.0. The molecule has 0 spiro atoms. The highest BCUT2D eigenvalue weighted by atomic mass is 32.1. The van der Waals surface area contributed by atoms with Crippen molar-refractivity contribution in [2.45, 2.75) is 19.4 Å². The summed E-state index contributed by atoms with van der Waals surface area (Å²) in [5.41, 5.74) is 2.74. The maximum Gasteiger partial charge on any atom is 0.197 e. The van der Waals surface area contributed by atoms with E-state index in [1.54, 1.807) is 94.7 Å². The number of fused-ring (bicyclic) bond motifs is 9. The van der Waals surface area contributed by atoms with Crippen LogP contribution in [-0.2, 0) is 5.60 Å². The van der Waals surface area contributed by atoms with Crippen molar-refractivity contribution in [1.29, 1.82) is 0 Å². The minimum Gasteiger partial charge on any atom is -0.480 e. The molecule has 44 heavy (non-hydrogen) atoms. The molecule has 0 radical (unpaired) electrons. The number of carbonyl (C=O) groups is 4. The molecule has 9 rings (SSSR count). The summed E-state index contributed by atoms with van der Waals surface area (Å²) in [6.45, 7) is 4.12. The highest BCUT2D eigenvalue weighted by Crippen LogP contribution is 2.60. The highest BCUT2D eigenvalue weighted by Gasteiger charge is 2.40. The number of benzene rings is 2. The summed E-state index contributed by atoms with van der Waals surface area (Å²) in [6, 6.07) is 18.0. The number of thiophene rings is 4. The minimum absolute atomic E-state index is 0.201. The van der Waals surface area contributed by atoms with Crippen LogP contribution >= 0.6 is 45.3 Å². The van der Waals surface area contributed by atoms with Gasteiger partial charge in [0.25, 0.3) is 0 Å². The first kappa shape index (κ1) is 26.2. The van der Waals surface area contributed by atoms with Gasteiger partial charge in [0.2, 0.25) is 0 Å². The molecule has 2 aromatic carbocycles. The van der Waals surface area contributed by atoms with Crippen molar-refractivity contribution in [3.05, 3.63) is 109 Å². The summed E-state index contributed by atoms with van der Waals surface area (Å²) in [7, 11) is 0. The van der Waals surface area contributed by atoms with E-state index < -0.39 is 5.60 Å². The van der Waals surface area contributed by atoms with Crippen LogP contribution in [0.4, 0.5) is 0 Å². The van der Waals surface area contributed by atoms with Gasteiger partial charge in [0.1, 0.15) is 5.60 Å².